The Bertz CT molecular complexity index is 301. The van der Waals surface area contributed by atoms with Crippen molar-refractivity contribution in [3.8, 4) is 0 Å². The van der Waals surface area contributed by atoms with Crippen LogP contribution in [0.3, 0.4) is 0 Å². The van der Waals surface area contributed by atoms with Gasteiger partial charge >= 0.3 is 17.9 Å². The van der Waals surface area contributed by atoms with Gasteiger partial charge in [-0.05, 0) is 0 Å². The van der Waals surface area contributed by atoms with Crippen LogP contribution in [0.15, 0.2) is 12.7 Å². The average Bonchev–Trinajstić information content (AvgIpc) is 2.26. The molecule has 0 aliphatic heterocycles. The number of aliphatic carboxylic acids is 1. The molecule has 0 radical (unpaired) electrons. The van der Waals surface area contributed by atoms with E-state index in [2.05, 4.69) is 16.1 Å². The summed E-state index contributed by atoms with van der Waals surface area (Å²) in [5.41, 5.74) is 5.25. The second kappa shape index (κ2) is 8.28. The molecular weight excluding hydrogens is 230 g/mol. The number of ether oxygens (including phenoxy) is 2. The third-order valence-electron chi connectivity index (χ3n) is 1.64. The zero-order chi connectivity index (χ0) is 13.3. The van der Waals surface area contributed by atoms with Crippen molar-refractivity contribution < 1.29 is 29.0 Å². The van der Waals surface area contributed by atoms with Gasteiger partial charge in [0.1, 0.15) is 6.04 Å². The smallest absolute Gasteiger partial charge is 0.330 e. The van der Waals surface area contributed by atoms with Crippen LogP contribution in [0, 0.1) is 0 Å². The maximum absolute atomic E-state index is 11.1. The lowest BCUT2D eigenvalue weighted by Gasteiger charge is -2.09. The quantitative estimate of drug-likeness (QED) is 0.335. The molecule has 0 saturated heterocycles. The van der Waals surface area contributed by atoms with Crippen LogP contribution in [0.25, 0.3) is 0 Å². The van der Waals surface area contributed by atoms with E-state index in [0.717, 1.165) is 6.08 Å². The molecule has 0 aromatic rings. The number of carbonyl (C=O) groups excluding carboxylic acids is 2. The minimum Gasteiger partial charge on any atom is -0.481 e. The highest BCUT2D eigenvalue weighted by molar-refractivity contribution is 5.81. The van der Waals surface area contributed by atoms with E-state index in [1.807, 2.05) is 0 Å². The van der Waals surface area contributed by atoms with Crippen molar-refractivity contribution in [1.29, 1.82) is 0 Å². The number of nitrogens with two attached hydrogens (primary N) is 1. The topological polar surface area (TPSA) is 116 Å². The van der Waals surface area contributed by atoms with Crippen molar-refractivity contribution in [1.82, 2.24) is 0 Å². The van der Waals surface area contributed by atoms with Gasteiger partial charge < -0.3 is 20.3 Å². The largest absolute Gasteiger partial charge is 0.481 e. The van der Waals surface area contributed by atoms with Gasteiger partial charge in [-0.1, -0.05) is 6.58 Å². The van der Waals surface area contributed by atoms with Crippen molar-refractivity contribution in [2.75, 3.05) is 13.2 Å². The van der Waals surface area contributed by atoms with E-state index in [4.69, 9.17) is 10.8 Å². The van der Waals surface area contributed by atoms with E-state index in [1.165, 1.54) is 0 Å². The van der Waals surface area contributed by atoms with Crippen molar-refractivity contribution in [2.24, 2.45) is 5.73 Å². The molecule has 0 unspecified atom stereocenters. The molecular formula is C10H15NO6. The highest BCUT2D eigenvalue weighted by atomic mass is 16.5. The van der Waals surface area contributed by atoms with Crippen molar-refractivity contribution in [3.05, 3.63) is 12.7 Å². The molecule has 0 aliphatic carbocycles. The Balaban J connectivity index is 3.60. The highest BCUT2D eigenvalue weighted by Gasteiger charge is 2.18. The number of hydrogen-bond acceptors (Lipinski definition) is 6. The summed E-state index contributed by atoms with van der Waals surface area (Å²) in [5, 5.41) is 8.38. The Labute approximate surface area is 98.2 Å². The van der Waals surface area contributed by atoms with E-state index >= 15 is 0 Å². The van der Waals surface area contributed by atoms with Crippen LogP contribution in [0.1, 0.15) is 12.8 Å². The van der Waals surface area contributed by atoms with E-state index in [0.29, 0.717) is 6.42 Å². The van der Waals surface area contributed by atoms with Gasteiger partial charge in [0, 0.05) is 12.5 Å². The lowest BCUT2D eigenvalue weighted by atomic mass is 10.2. The highest BCUT2D eigenvalue weighted by Crippen LogP contribution is 1.94. The first kappa shape index (κ1) is 15.1. The Morgan fingerprint density at radius 1 is 1.29 bits per heavy atom. The molecule has 0 aliphatic rings. The second-order valence-corrected chi connectivity index (χ2v) is 3.10. The number of carbonyl (C=O) groups is 3. The first-order chi connectivity index (χ1) is 7.97. The van der Waals surface area contributed by atoms with Crippen molar-refractivity contribution in [3.63, 3.8) is 0 Å². The van der Waals surface area contributed by atoms with Gasteiger partial charge in [0.25, 0.3) is 0 Å². The molecule has 0 saturated carbocycles. The lowest BCUT2D eigenvalue weighted by Crippen LogP contribution is -2.34. The fourth-order valence-corrected chi connectivity index (χ4v) is 0.842. The molecule has 0 rings (SSSR count). The Morgan fingerprint density at radius 3 is 2.41 bits per heavy atom. The van der Waals surface area contributed by atoms with Crippen LogP contribution in [-0.2, 0) is 23.9 Å². The van der Waals surface area contributed by atoms with Crippen LogP contribution >= 0.6 is 0 Å². The Hall–Kier alpha value is -1.89. The van der Waals surface area contributed by atoms with Crippen LogP contribution < -0.4 is 5.73 Å². The van der Waals surface area contributed by atoms with Gasteiger partial charge in [-0.3, -0.25) is 9.59 Å². The first-order valence-electron chi connectivity index (χ1n) is 4.90. The summed E-state index contributed by atoms with van der Waals surface area (Å²) in [5.74, 6) is -2.52. The normalized spacial score (nSPS) is 11.4. The van der Waals surface area contributed by atoms with Gasteiger partial charge in [0.15, 0.2) is 0 Å². The lowest BCUT2D eigenvalue weighted by molar-refractivity contribution is -0.150. The van der Waals surface area contributed by atoms with Crippen molar-refractivity contribution in [2.45, 2.75) is 18.9 Å². The molecule has 96 valence electrons. The molecule has 0 heterocycles. The Kier molecular flexibility index (Phi) is 7.36. The molecule has 7 nitrogen and oxygen atoms in total. The average molecular weight is 245 g/mol. The molecule has 7 heteroatoms. The number of esters is 2. The van der Waals surface area contributed by atoms with Gasteiger partial charge in [-0.25, -0.2) is 4.79 Å². The molecule has 0 fully saturated rings. The molecule has 1 atom stereocenters. The van der Waals surface area contributed by atoms with Gasteiger partial charge in [0.05, 0.1) is 19.6 Å². The second-order valence-electron chi connectivity index (χ2n) is 3.10. The third kappa shape index (κ3) is 7.97. The molecule has 17 heavy (non-hydrogen) atoms. The number of carboxylic acid groups (broad SMARTS) is 1. The zero-order valence-corrected chi connectivity index (χ0v) is 9.26. The number of carboxylic acids is 1. The summed E-state index contributed by atoms with van der Waals surface area (Å²) in [7, 11) is 0. The van der Waals surface area contributed by atoms with Gasteiger partial charge in [-0.15, -0.1) is 0 Å². The minimum absolute atomic E-state index is 0.0105. The first-order valence-corrected chi connectivity index (χ1v) is 4.90. The molecule has 0 bridgehead atoms. The summed E-state index contributed by atoms with van der Waals surface area (Å²) >= 11 is 0. The van der Waals surface area contributed by atoms with E-state index < -0.39 is 30.4 Å². The van der Waals surface area contributed by atoms with E-state index in [9.17, 15) is 14.4 Å². The maximum atomic E-state index is 11.1. The van der Waals surface area contributed by atoms with Gasteiger partial charge in [0.2, 0.25) is 0 Å². The summed E-state index contributed by atoms with van der Waals surface area (Å²) in [4.78, 5) is 31.9. The fourth-order valence-electron chi connectivity index (χ4n) is 0.842. The standard InChI is InChI=1S/C10H15NO6/c1-2-9(14)16-4-3-5-17-10(15)7(11)6-8(12)13/h2,7H,1,3-6,11H2,(H,12,13)/t7-/m0/s1. The van der Waals surface area contributed by atoms with Crippen LogP contribution in [0.4, 0.5) is 0 Å². The van der Waals surface area contributed by atoms with E-state index in [-0.39, 0.29) is 13.2 Å². The van der Waals surface area contributed by atoms with Crippen LogP contribution in [0.5, 0.6) is 0 Å². The number of rotatable bonds is 8. The molecule has 0 aromatic heterocycles. The monoisotopic (exact) mass is 245 g/mol. The summed E-state index contributed by atoms with van der Waals surface area (Å²) < 4.78 is 9.30. The Morgan fingerprint density at radius 2 is 1.88 bits per heavy atom. The summed E-state index contributed by atoms with van der Waals surface area (Å²) in [6.45, 7) is 3.31. The SMILES string of the molecule is C=CC(=O)OCCCOC(=O)[C@@H](N)CC(=O)O. The van der Waals surface area contributed by atoms with Crippen LogP contribution in [-0.4, -0.2) is 42.3 Å². The minimum atomic E-state index is -1.18. The fraction of sp³-hybridized carbons (Fsp3) is 0.500. The van der Waals surface area contributed by atoms with Crippen LogP contribution in [0.2, 0.25) is 0 Å². The predicted molar refractivity (Wildman–Crippen MR) is 57.0 cm³/mol. The van der Waals surface area contributed by atoms with Crippen molar-refractivity contribution >= 4 is 17.9 Å². The zero-order valence-electron chi connectivity index (χ0n) is 9.26. The summed E-state index contributed by atoms with van der Waals surface area (Å²) in [6, 6.07) is -1.18. The predicted octanol–water partition coefficient (Wildman–Crippen LogP) is -0.549. The molecule has 0 amide bonds. The maximum Gasteiger partial charge on any atom is 0.330 e. The van der Waals surface area contributed by atoms with E-state index in [1.54, 1.807) is 0 Å². The van der Waals surface area contributed by atoms with Gasteiger partial charge in [-0.2, -0.15) is 0 Å². The molecule has 3 N–H and O–H groups in total. The third-order valence-corrected chi connectivity index (χ3v) is 1.64. The summed E-state index contributed by atoms with van der Waals surface area (Å²) in [6.07, 6.45) is 0.851. The number of hydrogen-bond donors (Lipinski definition) is 2. The molecule has 0 aromatic carbocycles. The molecule has 0 spiro atoms.